The van der Waals surface area contributed by atoms with E-state index in [0.29, 0.717) is 5.54 Å². The van der Waals surface area contributed by atoms with Crippen molar-refractivity contribution in [3.63, 3.8) is 0 Å². The molecule has 3 fully saturated rings. The highest BCUT2D eigenvalue weighted by molar-refractivity contribution is 5.05. The monoisotopic (exact) mass is 251 g/mol. The Labute approximate surface area is 112 Å². The molecule has 3 nitrogen and oxygen atoms in total. The minimum absolute atomic E-state index is 0.353. The summed E-state index contributed by atoms with van der Waals surface area (Å²) in [5, 5.41) is 0. The molecule has 2 bridgehead atoms. The Morgan fingerprint density at radius 2 is 1.89 bits per heavy atom. The minimum atomic E-state index is 0.353. The number of piperidine rings is 2. The van der Waals surface area contributed by atoms with Gasteiger partial charge in [0.25, 0.3) is 0 Å². The Bertz CT molecular complexity index is 285. The van der Waals surface area contributed by atoms with Crippen molar-refractivity contribution in [1.82, 2.24) is 9.80 Å². The third-order valence-corrected chi connectivity index (χ3v) is 6.07. The van der Waals surface area contributed by atoms with E-state index < -0.39 is 0 Å². The van der Waals surface area contributed by atoms with Crippen LogP contribution in [-0.4, -0.2) is 54.6 Å². The molecule has 3 heteroatoms. The molecule has 0 aromatic carbocycles. The van der Waals surface area contributed by atoms with E-state index in [1.54, 1.807) is 0 Å². The maximum Gasteiger partial charge on any atom is 0.0384 e. The largest absolute Gasteiger partial charge is 0.329 e. The van der Waals surface area contributed by atoms with Crippen LogP contribution in [0, 0.1) is 11.8 Å². The number of hydrogen-bond acceptors (Lipinski definition) is 3. The molecule has 0 aromatic rings. The molecule has 3 atom stereocenters. The summed E-state index contributed by atoms with van der Waals surface area (Å²) in [6, 6.07) is 0. The smallest absolute Gasteiger partial charge is 0.0384 e. The van der Waals surface area contributed by atoms with Gasteiger partial charge in [-0.05, 0) is 63.7 Å². The van der Waals surface area contributed by atoms with Crippen molar-refractivity contribution in [2.45, 2.75) is 44.6 Å². The zero-order chi connectivity index (χ0) is 12.6. The summed E-state index contributed by atoms with van der Waals surface area (Å²) in [4.78, 5) is 5.42. The van der Waals surface area contributed by atoms with Crippen LogP contribution in [0.25, 0.3) is 0 Å². The number of likely N-dealkylation sites (tertiary alicyclic amines) is 1. The van der Waals surface area contributed by atoms with Gasteiger partial charge in [-0.2, -0.15) is 0 Å². The fraction of sp³-hybridized carbons (Fsp3) is 1.00. The highest BCUT2D eigenvalue weighted by atomic mass is 15.3. The van der Waals surface area contributed by atoms with Crippen LogP contribution in [0.4, 0.5) is 0 Å². The quantitative estimate of drug-likeness (QED) is 0.826. The molecule has 3 unspecified atom stereocenters. The first kappa shape index (κ1) is 12.9. The maximum absolute atomic E-state index is 6.26. The first-order valence-electron chi connectivity index (χ1n) is 7.96. The van der Waals surface area contributed by atoms with Crippen LogP contribution in [-0.2, 0) is 0 Å². The minimum Gasteiger partial charge on any atom is -0.329 e. The first-order chi connectivity index (χ1) is 8.78. The molecule has 3 saturated heterocycles. The van der Waals surface area contributed by atoms with Crippen LogP contribution in [0.2, 0.25) is 0 Å². The summed E-state index contributed by atoms with van der Waals surface area (Å²) >= 11 is 0. The molecule has 104 valence electrons. The van der Waals surface area contributed by atoms with Gasteiger partial charge < -0.3 is 10.6 Å². The van der Waals surface area contributed by atoms with Gasteiger partial charge in [-0.25, -0.2) is 0 Å². The number of fused-ring (bicyclic) bond motifs is 2. The van der Waals surface area contributed by atoms with Crippen LogP contribution in [0.5, 0.6) is 0 Å². The Morgan fingerprint density at radius 3 is 2.56 bits per heavy atom. The normalized spacial score (nSPS) is 42.3. The van der Waals surface area contributed by atoms with E-state index in [-0.39, 0.29) is 0 Å². The highest BCUT2D eigenvalue weighted by Crippen LogP contribution is 2.41. The maximum atomic E-state index is 6.26. The van der Waals surface area contributed by atoms with Gasteiger partial charge in [0.05, 0.1) is 0 Å². The summed E-state index contributed by atoms with van der Waals surface area (Å²) < 4.78 is 0. The SMILES string of the molecule is CCC1CCN(C2(CN)CCN3CCC2C3)CC1. The number of nitrogens with two attached hydrogens (primary N) is 1. The molecular weight excluding hydrogens is 222 g/mol. The second kappa shape index (κ2) is 5.10. The van der Waals surface area contributed by atoms with Crippen molar-refractivity contribution in [2.75, 3.05) is 39.3 Å². The lowest BCUT2D eigenvalue weighted by Crippen LogP contribution is -2.63. The van der Waals surface area contributed by atoms with Gasteiger partial charge in [-0.15, -0.1) is 0 Å². The second-order valence-electron chi connectivity index (χ2n) is 6.68. The summed E-state index contributed by atoms with van der Waals surface area (Å²) in [6.07, 6.45) is 6.85. The second-order valence-corrected chi connectivity index (χ2v) is 6.68. The van der Waals surface area contributed by atoms with E-state index in [2.05, 4.69) is 16.7 Å². The van der Waals surface area contributed by atoms with E-state index in [0.717, 1.165) is 18.4 Å². The molecule has 0 spiro atoms. The molecule has 0 aromatic heterocycles. The predicted octanol–water partition coefficient (Wildman–Crippen LogP) is 1.53. The molecule has 3 aliphatic heterocycles. The highest BCUT2D eigenvalue weighted by Gasteiger charge is 2.49. The first-order valence-corrected chi connectivity index (χ1v) is 7.96. The van der Waals surface area contributed by atoms with Crippen LogP contribution in [0.15, 0.2) is 0 Å². The van der Waals surface area contributed by atoms with E-state index >= 15 is 0 Å². The van der Waals surface area contributed by atoms with Crippen molar-refractivity contribution in [2.24, 2.45) is 17.6 Å². The Morgan fingerprint density at radius 1 is 1.11 bits per heavy atom. The van der Waals surface area contributed by atoms with Gasteiger partial charge in [0.15, 0.2) is 0 Å². The lowest BCUT2D eigenvalue weighted by atomic mass is 9.75. The van der Waals surface area contributed by atoms with Crippen molar-refractivity contribution >= 4 is 0 Å². The Hall–Kier alpha value is -0.120. The molecule has 3 heterocycles. The van der Waals surface area contributed by atoms with Crippen LogP contribution < -0.4 is 5.73 Å². The molecule has 0 radical (unpaired) electrons. The fourth-order valence-corrected chi connectivity index (χ4v) is 4.63. The number of rotatable bonds is 3. The molecule has 0 amide bonds. The lowest BCUT2D eigenvalue weighted by Gasteiger charge is -2.52. The predicted molar refractivity (Wildman–Crippen MR) is 75.5 cm³/mol. The Balaban J connectivity index is 1.71. The van der Waals surface area contributed by atoms with Crippen LogP contribution in [0.1, 0.15) is 39.0 Å². The summed E-state index contributed by atoms with van der Waals surface area (Å²) in [5.41, 5.74) is 6.61. The summed E-state index contributed by atoms with van der Waals surface area (Å²) in [5.74, 6) is 1.81. The molecule has 18 heavy (non-hydrogen) atoms. The molecule has 2 N–H and O–H groups in total. The van der Waals surface area contributed by atoms with Gasteiger partial charge in [0.2, 0.25) is 0 Å². The molecule has 3 aliphatic rings. The van der Waals surface area contributed by atoms with Gasteiger partial charge in [0.1, 0.15) is 0 Å². The van der Waals surface area contributed by atoms with Crippen molar-refractivity contribution in [1.29, 1.82) is 0 Å². The number of hydrogen-bond donors (Lipinski definition) is 1. The molecular formula is C15H29N3. The van der Waals surface area contributed by atoms with Crippen LogP contribution in [0.3, 0.4) is 0 Å². The van der Waals surface area contributed by atoms with E-state index in [1.807, 2.05) is 0 Å². The Kier molecular flexibility index (Phi) is 3.65. The van der Waals surface area contributed by atoms with E-state index in [4.69, 9.17) is 5.73 Å². The number of nitrogens with zero attached hydrogens (tertiary/aromatic N) is 2. The van der Waals surface area contributed by atoms with Crippen molar-refractivity contribution in [3.8, 4) is 0 Å². The molecule has 0 saturated carbocycles. The van der Waals surface area contributed by atoms with Gasteiger partial charge >= 0.3 is 0 Å². The van der Waals surface area contributed by atoms with Crippen molar-refractivity contribution < 1.29 is 0 Å². The average molecular weight is 251 g/mol. The molecule has 3 rings (SSSR count). The lowest BCUT2D eigenvalue weighted by molar-refractivity contribution is -0.0139. The third-order valence-electron chi connectivity index (χ3n) is 6.07. The van der Waals surface area contributed by atoms with Gasteiger partial charge in [-0.3, -0.25) is 4.90 Å². The summed E-state index contributed by atoms with van der Waals surface area (Å²) in [7, 11) is 0. The van der Waals surface area contributed by atoms with E-state index in [1.165, 1.54) is 64.8 Å². The average Bonchev–Trinajstić information content (AvgIpc) is 2.84. The van der Waals surface area contributed by atoms with Gasteiger partial charge in [0, 0.05) is 18.6 Å². The van der Waals surface area contributed by atoms with Gasteiger partial charge in [-0.1, -0.05) is 13.3 Å². The zero-order valence-electron chi connectivity index (χ0n) is 11.9. The molecule has 0 aliphatic carbocycles. The zero-order valence-corrected chi connectivity index (χ0v) is 11.9. The van der Waals surface area contributed by atoms with Crippen molar-refractivity contribution in [3.05, 3.63) is 0 Å². The third kappa shape index (κ3) is 2.00. The van der Waals surface area contributed by atoms with E-state index in [9.17, 15) is 0 Å². The topological polar surface area (TPSA) is 32.5 Å². The fourth-order valence-electron chi connectivity index (χ4n) is 4.63. The summed E-state index contributed by atoms with van der Waals surface area (Å²) in [6.45, 7) is 9.72. The standard InChI is InChI=1S/C15H29N3/c1-2-13-3-8-18(9-4-13)15(12-16)6-10-17-7-5-14(15)11-17/h13-14H,2-12,16H2,1H3. The van der Waals surface area contributed by atoms with Crippen LogP contribution >= 0.6 is 0 Å².